The molecule has 0 radical (unpaired) electrons. The predicted octanol–water partition coefficient (Wildman–Crippen LogP) is 6.34. The van der Waals surface area contributed by atoms with Crippen molar-refractivity contribution in [2.24, 2.45) is 0 Å². The Kier molecular flexibility index (Phi) is 6.17. The summed E-state index contributed by atoms with van der Waals surface area (Å²) < 4.78 is 0.846. The molecule has 0 aliphatic rings. The van der Waals surface area contributed by atoms with E-state index in [-0.39, 0.29) is 11.7 Å². The molecule has 0 saturated heterocycles. The second kappa shape index (κ2) is 8.59. The summed E-state index contributed by atoms with van der Waals surface area (Å²) >= 11 is 9.80. The third kappa shape index (κ3) is 4.61. The zero-order valence-electron chi connectivity index (χ0n) is 15.3. The molecule has 0 aromatic heterocycles. The Balaban J connectivity index is 1.89. The number of nitrogens with one attached hydrogen (secondary N) is 2. The number of carbonyl (C=O) groups excluding carboxylic acids is 2. The van der Waals surface area contributed by atoms with Gasteiger partial charge in [-0.1, -0.05) is 51.8 Å². The monoisotopic (exact) mass is 456 g/mol. The number of hydrogen-bond donors (Lipinski definition) is 2. The molecule has 0 atom stereocenters. The molecule has 0 unspecified atom stereocenters. The molecule has 4 nitrogen and oxygen atoms in total. The van der Waals surface area contributed by atoms with Gasteiger partial charge in [0, 0.05) is 28.2 Å². The SMILES string of the molecule is CC(=O)Nc1cc(Br)ccc1Nc1ccc(C(=O)c2ccccc2C)c(Cl)c1. The highest BCUT2D eigenvalue weighted by atomic mass is 79.9. The number of amides is 1. The van der Waals surface area contributed by atoms with Crippen molar-refractivity contribution in [1.82, 2.24) is 0 Å². The fourth-order valence-electron chi connectivity index (χ4n) is 2.82. The van der Waals surface area contributed by atoms with Crippen LogP contribution in [0.2, 0.25) is 5.02 Å². The zero-order chi connectivity index (χ0) is 20.3. The molecular formula is C22H18BrClN2O2. The molecule has 0 bridgehead atoms. The second-order valence-corrected chi connectivity index (χ2v) is 7.66. The van der Waals surface area contributed by atoms with Gasteiger partial charge in [0.25, 0.3) is 0 Å². The summed E-state index contributed by atoms with van der Waals surface area (Å²) in [6.45, 7) is 3.35. The van der Waals surface area contributed by atoms with Crippen LogP contribution in [0.5, 0.6) is 0 Å². The van der Waals surface area contributed by atoms with Crippen LogP contribution in [0.3, 0.4) is 0 Å². The van der Waals surface area contributed by atoms with Crippen LogP contribution in [0, 0.1) is 6.92 Å². The van der Waals surface area contributed by atoms with Gasteiger partial charge >= 0.3 is 0 Å². The number of anilines is 3. The number of rotatable bonds is 5. The first-order valence-electron chi connectivity index (χ1n) is 8.59. The van der Waals surface area contributed by atoms with Crippen molar-refractivity contribution in [2.45, 2.75) is 13.8 Å². The number of halogens is 2. The quantitative estimate of drug-likeness (QED) is 0.439. The van der Waals surface area contributed by atoms with Gasteiger partial charge in [-0.05, 0) is 48.9 Å². The molecule has 0 aliphatic heterocycles. The lowest BCUT2D eigenvalue weighted by atomic mass is 9.99. The minimum absolute atomic E-state index is 0.114. The normalized spacial score (nSPS) is 10.4. The number of benzene rings is 3. The average molecular weight is 458 g/mol. The first kappa shape index (κ1) is 20.1. The summed E-state index contributed by atoms with van der Waals surface area (Å²) in [5, 5.41) is 6.38. The van der Waals surface area contributed by atoms with E-state index in [1.165, 1.54) is 6.92 Å². The van der Waals surface area contributed by atoms with Crippen molar-refractivity contribution >= 4 is 56.3 Å². The van der Waals surface area contributed by atoms with Crippen molar-refractivity contribution in [1.29, 1.82) is 0 Å². The molecular weight excluding hydrogens is 440 g/mol. The topological polar surface area (TPSA) is 58.2 Å². The van der Waals surface area contributed by atoms with E-state index < -0.39 is 0 Å². The minimum atomic E-state index is -0.168. The Labute approximate surface area is 177 Å². The molecule has 1 amide bonds. The van der Waals surface area contributed by atoms with E-state index in [2.05, 4.69) is 26.6 Å². The summed E-state index contributed by atoms with van der Waals surface area (Å²) in [4.78, 5) is 24.3. The molecule has 0 spiro atoms. The molecule has 3 aromatic carbocycles. The van der Waals surface area contributed by atoms with Gasteiger partial charge in [0.2, 0.25) is 5.91 Å². The lowest BCUT2D eigenvalue weighted by Gasteiger charge is -2.14. The fourth-order valence-corrected chi connectivity index (χ4v) is 3.45. The van der Waals surface area contributed by atoms with Crippen LogP contribution in [0.4, 0.5) is 17.1 Å². The van der Waals surface area contributed by atoms with Gasteiger partial charge < -0.3 is 10.6 Å². The van der Waals surface area contributed by atoms with E-state index in [1.54, 1.807) is 30.3 Å². The van der Waals surface area contributed by atoms with E-state index in [1.807, 2.05) is 37.3 Å². The summed E-state index contributed by atoms with van der Waals surface area (Å²) in [5.74, 6) is -0.282. The third-order valence-electron chi connectivity index (χ3n) is 4.17. The maximum absolute atomic E-state index is 12.8. The summed E-state index contributed by atoms with van der Waals surface area (Å²) in [7, 11) is 0. The van der Waals surface area contributed by atoms with Crippen LogP contribution in [0.1, 0.15) is 28.4 Å². The number of hydrogen-bond acceptors (Lipinski definition) is 3. The van der Waals surface area contributed by atoms with Crippen LogP contribution in [-0.4, -0.2) is 11.7 Å². The van der Waals surface area contributed by atoms with Crippen LogP contribution in [0.25, 0.3) is 0 Å². The van der Waals surface area contributed by atoms with Crippen molar-refractivity contribution in [3.63, 3.8) is 0 Å². The molecule has 0 fully saturated rings. The molecule has 3 aromatic rings. The number of ketones is 1. The summed E-state index contributed by atoms with van der Waals surface area (Å²) in [6, 6.07) is 18.1. The Morgan fingerprint density at radius 1 is 0.929 bits per heavy atom. The second-order valence-electron chi connectivity index (χ2n) is 6.33. The number of aryl methyl sites for hydroxylation is 1. The third-order valence-corrected chi connectivity index (χ3v) is 4.98. The zero-order valence-corrected chi connectivity index (χ0v) is 17.7. The van der Waals surface area contributed by atoms with E-state index in [0.717, 1.165) is 10.0 Å². The van der Waals surface area contributed by atoms with Crippen molar-refractivity contribution < 1.29 is 9.59 Å². The van der Waals surface area contributed by atoms with E-state index in [4.69, 9.17) is 11.6 Å². The van der Waals surface area contributed by atoms with Crippen LogP contribution < -0.4 is 10.6 Å². The maximum atomic E-state index is 12.8. The van der Waals surface area contributed by atoms with E-state index >= 15 is 0 Å². The summed E-state index contributed by atoms with van der Waals surface area (Å²) in [5.41, 5.74) is 4.04. The molecule has 0 heterocycles. The first-order valence-corrected chi connectivity index (χ1v) is 9.76. The standard InChI is InChI=1S/C22H18BrClN2O2/c1-13-5-3-4-6-17(13)22(28)18-9-8-16(12-19(18)24)26-20-10-7-15(23)11-21(20)25-14(2)27/h3-12,26H,1-2H3,(H,25,27). The average Bonchev–Trinajstić information content (AvgIpc) is 2.63. The van der Waals surface area contributed by atoms with Crippen LogP contribution in [0.15, 0.2) is 65.1 Å². The Morgan fingerprint density at radius 3 is 2.36 bits per heavy atom. The van der Waals surface area contributed by atoms with Crippen LogP contribution >= 0.6 is 27.5 Å². The highest BCUT2D eigenvalue weighted by Gasteiger charge is 2.15. The smallest absolute Gasteiger partial charge is 0.221 e. The largest absolute Gasteiger partial charge is 0.354 e. The Morgan fingerprint density at radius 2 is 1.68 bits per heavy atom. The molecule has 3 rings (SSSR count). The number of carbonyl (C=O) groups is 2. The fraction of sp³-hybridized carbons (Fsp3) is 0.0909. The molecule has 6 heteroatoms. The van der Waals surface area contributed by atoms with Gasteiger partial charge in [0.15, 0.2) is 5.78 Å². The maximum Gasteiger partial charge on any atom is 0.221 e. The van der Waals surface area contributed by atoms with Gasteiger partial charge in [-0.3, -0.25) is 9.59 Å². The minimum Gasteiger partial charge on any atom is -0.354 e. The Bertz CT molecular complexity index is 1070. The van der Waals surface area contributed by atoms with Gasteiger partial charge in [0.05, 0.1) is 16.4 Å². The molecule has 2 N–H and O–H groups in total. The Hall–Kier alpha value is -2.63. The van der Waals surface area contributed by atoms with E-state index in [9.17, 15) is 9.59 Å². The predicted molar refractivity (Wildman–Crippen MR) is 118 cm³/mol. The highest BCUT2D eigenvalue weighted by Crippen LogP contribution is 2.31. The molecule has 0 aliphatic carbocycles. The van der Waals surface area contributed by atoms with Gasteiger partial charge in [-0.25, -0.2) is 0 Å². The molecule has 142 valence electrons. The van der Waals surface area contributed by atoms with Crippen molar-refractivity contribution in [3.05, 3.63) is 86.8 Å². The van der Waals surface area contributed by atoms with E-state index in [0.29, 0.717) is 33.2 Å². The van der Waals surface area contributed by atoms with Gasteiger partial charge in [-0.15, -0.1) is 0 Å². The van der Waals surface area contributed by atoms with Gasteiger partial charge in [0.1, 0.15) is 0 Å². The highest BCUT2D eigenvalue weighted by molar-refractivity contribution is 9.10. The van der Waals surface area contributed by atoms with Crippen LogP contribution in [-0.2, 0) is 4.79 Å². The van der Waals surface area contributed by atoms with Crippen molar-refractivity contribution in [2.75, 3.05) is 10.6 Å². The lowest BCUT2D eigenvalue weighted by Crippen LogP contribution is -2.08. The summed E-state index contributed by atoms with van der Waals surface area (Å²) in [6.07, 6.45) is 0. The first-order chi connectivity index (χ1) is 13.3. The van der Waals surface area contributed by atoms with Gasteiger partial charge in [-0.2, -0.15) is 0 Å². The molecule has 0 saturated carbocycles. The lowest BCUT2D eigenvalue weighted by molar-refractivity contribution is -0.114. The van der Waals surface area contributed by atoms with Crippen molar-refractivity contribution in [3.8, 4) is 0 Å². The molecule has 28 heavy (non-hydrogen) atoms.